The molecule has 2 heterocycles. The standard InChI is InChI=1S/C49H36Si2/c1-5-21-37(22-6-1)50(38-23-7-2-8-24-38)45-33-17-13-29-41(45)49(42-30-14-18-34-46(42)50)43-31-15-19-35-47(43)51(39-25-9-3-10-26-39,40-27-11-4-12-28-40)48-36-20-16-32-44(48)49/h1-36H. The molecule has 51 heavy (non-hydrogen) atoms. The number of fused-ring (bicyclic) bond motifs is 8. The van der Waals surface area contributed by atoms with Crippen molar-refractivity contribution in [3.8, 4) is 0 Å². The molecule has 2 aliphatic rings. The molecule has 0 N–H and O–H groups in total. The summed E-state index contributed by atoms with van der Waals surface area (Å²) in [5.41, 5.74) is 5.12. The van der Waals surface area contributed by atoms with Gasteiger partial charge in [0.1, 0.15) is 0 Å². The van der Waals surface area contributed by atoms with E-state index in [4.69, 9.17) is 0 Å². The smallest absolute Gasteiger partial charge is 0.0623 e. The lowest BCUT2D eigenvalue weighted by Crippen LogP contribution is -2.83. The van der Waals surface area contributed by atoms with Gasteiger partial charge in [0.2, 0.25) is 0 Å². The van der Waals surface area contributed by atoms with Crippen LogP contribution in [0.3, 0.4) is 0 Å². The molecule has 0 bridgehead atoms. The highest BCUT2D eigenvalue weighted by Gasteiger charge is 2.60. The zero-order chi connectivity index (χ0) is 33.9. The molecule has 0 nitrogen and oxygen atoms in total. The Morgan fingerprint density at radius 2 is 0.412 bits per heavy atom. The van der Waals surface area contributed by atoms with Crippen LogP contribution in [-0.4, -0.2) is 16.1 Å². The fourth-order valence-corrected chi connectivity index (χ4v) is 20.6. The van der Waals surface area contributed by atoms with E-state index in [1.54, 1.807) is 0 Å². The van der Waals surface area contributed by atoms with Crippen molar-refractivity contribution in [2.24, 2.45) is 0 Å². The second-order valence-corrected chi connectivity index (χ2v) is 21.4. The zero-order valence-corrected chi connectivity index (χ0v) is 30.3. The van der Waals surface area contributed by atoms with Gasteiger partial charge in [-0.3, -0.25) is 0 Å². The molecule has 2 heteroatoms. The molecule has 0 atom stereocenters. The maximum Gasteiger partial charge on any atom is 0.180 e. The fraction of sp³-hybridized carbons (Fsp3) is 0.0204. The Kier molecular flexibility index (Phi) is 6.85. The van der Waals surface area contributed by atoms with E-state index in [9.17, 15) is 0 Å². The van der Waals surface area contributed by atoms with Crippen LogP contribution in [0.2, 0.25) is 0 Å². The quantitative estimate of drug-likeness (QED) is 0.217. The molecule has 0 saturated carbocycles. The predicted molar refractivity (Wildman–Crippen MR) is 219 cm³/mol. The molecular weight excluding hydrogens is 645 g/mol. The Hall–Kier alpha value is -5.81. The van der Waals surface area contributed by atoms with Crippen molar-refractivity contribution >= 4 is 57.6 Å². The summed E-state index contributed by atoms with van der Waals surface area (Å²) in [6, 6.07) is 83.5. The van der Waals surface area contributed by atoms with Crippen molar-refractivity contribution in [1.29, 1.82) is 0 Å². The van der Waals surface area contributed by atoms with Gasteiger partial charge >= 0.3 is 0 Å². The van der Waals surface area contributed by atoms with E-state index in [1.165, 1.54) is 63.7 Å². The third-order valence-electron chi connectivity index (χ3n) is 11.8. The second kappa shape index (κ2) is 11.6. The van der Waals surface area contributed by atoms with Crippen LogP contribution in [0.1, 0.15) is 22.3 Å². The molecule has 0 radical (unpaired) electrons. The molecule has 10 rings (SSSR count). The van der Waals surface area contributed by atoms with E-state index in [0.717, 1.165) is 0 Å². The SMILES string of the molecule is c1ccc([Si]2(c3ccccc3)c3ccccc3C3(c4ccccc42)c2ccccc2[Si](c2ccccc2)(c2ccccc2)c2ccccc23)cc1. The molecule has 2 aliphatic heterocycles. The van der Waals surface area contributed by atoms with E-state index in [-0.39, 0.29) is 0 Å². The van der Waals surface area contributed by atoms with Crippen LogP contribution in [-0.2, 0) is 5.41 Å². The number of rotatable bonds is 4. The van der Waals surface area contributed by atoms with E-state index < -0.39 is 21.6 Å². The van der Waals surface area contributed by atoms with Gasteiger partial charge < -0.3 is 0 Å². The number of hydrogen-bond donors (Lipinski definition) is 0. The predicted octanol–water partition coefficient (Wildman–Crippen LogP) is 5.45. The first-order valence-corrected chi connectivity index (χ1v) is 22.0. The number of benzene rings is 8. The van der Waals surface area contributed by atoms with Gasteiger partial charge in [-0.15, -0.1) is 0 Å². The van der Waals surface area contributed by atoms with Crippen molar-refractivity contribution in [3.05, 3.63) is 241 Å². The Balaban J connectivity index is 1.43. The summed E-state index contributed by atoms with van der Waals surface area (Å²) in [7, 11) is -5.56. The minimum Gasteiger partial charge on any atom is -0.0623 e. The Morgan fingerprint density at radius 1 is 0.216 bits per heavy atom. The summed E-state index contributed by atoms with van der Waals surface area (Å²) in [5.74, 6) is 0. The van der Waals surface area contributed by atoms with E-state index >= 15 is 0 Å². The summed E-state index contributed by atoms with van der Waals surface area (Å²) >= 11 is 0. The minimum atomic E-state index is -2.78. The largest absolute Gasteiger partial charge is 0.180 e. The summed E-state index contributed by atoms with van der Waals surface area (Å²) < 4.78 is 0. The molecule has 8 aromatic carbocycles. The van der Waals surface area contributed by atoms with Crippen molar-refractivity contribution < 1.29 is 0 Å². The summed E-state index contributed by atoms with van der Waals surface area (Å²) in [5, 5.41) is 11.6. The molecule has 240 valence electrons. The van der Waals surface area contributed by atoms with E-state index in [2.05, 4.69) is 218 Å². The van der Waals surface area contributed by atoms with Crippen molar-refractivity contribution in [2.75, 3.05) is 0 Å². The minimum absolute atomic E-state index is 0.513. The van der Waals surface area contributed by atoms with E-state index in [1.807, 2.05) is 0 Å². The van der Waals surface area contributed by atoms with Crippen molar-refractivity contribution in [3.63, 3.8) is 0 Å². The zero-order valence-electron chi connectivity index (χ0n) is 28.3. The molecule has 0 aliphatic carbocycles. The van der Waals surface area contributed by atoms with Crippen LogP contribution in [0.4, 0.5) is 0 Å². The lowest BCUT2D eigenvalue weighted by Gasteiger charge is -2.55. The number of hydrogen-bond acceptors (Lipinski definition) is 0. The van der Waals surface area contributed by atoms with Crippen LogP contribution in [0, 0.1) is 0 Å². The molecule has 1 spiro atoms. The van der Waals surface area contributed by atoms with Gasteiger partial charge in [0.25, 0.3) is 0 Å². The van der Waals surface area contributed by atoms with E-state index in [0.29, 0.717) is 0 Å². The molecular formula is C49H36Si2. The van der Waals surface area contributed by atoms with Crippen LogP contribution < -0.4 is 41.5 Å². The average molecular weight is 681 g/mol. The third-order valence-corrected chi connectivity index (χ3v) is 21.5. The van der Waals surface area contributed by atoms with Crippen LogP contribution in [0.5, 0.6) is 0 Å². The lowest BCUT2D eigenvalue weighted by molar-refractivity contribution is 0.755. The highest BCUT2D eigenvalue weighted by Crippen LogP contribution is 2.48. The van der Waals surface area contributed by atoms with Gasteiger partial charge in [0.15, 0.2) is 16.1 Å². The first-order valence-electron chi connectivity index (χ1n) is 18.0. The lowest BCUT2D eigenvalue weighted by atomic mass is 9.64. The Bertz CT molecular complexity index is 2160. The maximum atomic E-state index is 2.47. The van der Waals surface area contributed by atoms with Gasteiger partial charge in [-0.2, -0.15) is 0 Å². The topological polar surface area (TPSA) is 0 Å². The van der Waals surface area contributed by atoms with Crippen molar-refractivity contribution in [1.82, 2.24) is 0 Å². The monoisotopic (exact) mass is 680 g/mol. The highest BCUT2D eigenvalue weighted by atomic mass is 28.3. The van der Waals surface area contributed by atoms with Crippen LogP contribution in [0.25, 0.3) is 0 Å². The Morgan fingerprint density at radius 3 is 0.647 bits per heavy atom. The van der Waals surface area contributed by atoms with Gasteiger partial charge in [-0.25, -0.2) is 0 Å². The normalized spacial score (nSPS) is 15.5. The molecule has 0 aromatic heterocycles. The Labute approximate surface area is 302 Å². The first-order chi connectivity index (χ1) is 25.3. The highest BCUT2D eigenvalue weighted by molar-refractivity contribution is 7.21. The third kappa shape index (κ3) is 3.89. The summed E-state index contributed by atoms with van der Waals surface area (Å²) in [4.78, 5) is 0. The first kappa shape index (κ1) is 30.1. The van der Waals surface area contributed by atoms with Crippen LogP contribution in [0.15, 0.2) is 218 Å². The second-order valence-electron chi connectivity index (χ2n) is 13.9. The molecule has 0 amide bonds. The summed E-state index contributed by atoms with van der Waals surface area (Å²) in [6.45, 7) is 0. The molecule has 0 unspecified atom stereocenters. The summed E-state index contributed by atoms with van der Waals surface area (Å²) in [6.07, 6.45) is 0. The van der Waals surface area contributed by atoms with Crippen LogP contribution >= 0.6 is 0 Å². The molecule has 0 saturated heterocycles. The van der Waals surface area contributed by atoms with Gasteiger partial charge in [-0.1, -0.05) is 218 Å². The fourth-order valence-electron chi connectivity index (χ4n) is 10.0. The molecule has 8 aromatic rings. The maximum absolute atomic E-state index is 2.78. The van der Waals surface area contributed by atoms with Gasteiger partial charge in [0.05, 0.1) is 5.41 Å². The van der Waals surface area contributed by atoms with Gasteiger partial charge in [0, 0.05) is 0 Å². The average Bonchev–Trinajstić information content (AvgIpc) is 3.22. The van der Waals surface area contributed by atoms with Gasteiger partial charge in [-0.05, 0) is 63.7 Å². The van der Waals surface area contributed by atoms with Crippen molar-refractivity contribution in [2.45, 2.75) is 5.41 Å². The molecule has 0 fully saturated rings.